The summed E-state index contributed by atoms with van der Waals surface area (Å²) in [5, 5.41) is 4.58. The van der Waals surface area contributed by atoms with Crippen LogP contribution in [0.25, 0.3) is 23.1 Å². The van der Waals surface area contributed by atoms with Crippen LogP contribution in [-0.2, 0) is 0 Å². The van der Waals surface area contributed by atoms with Crippen LogP contribution < -0.4 is 0 Å². The predicted octanol–water partition coefficient (Wildman–Crippen LogP) is 5.82. The lowest BCUT2D eigenvalue weighted by Crippen LogP contribution is -2.50. The Balaban J connectivity index is 1.39. The fourth-order valence-electron chi connectivity index (χ4n) is 4.14. The third kappa shape index (κ3) is 5.27. The highest BCUT2D eigenvalue weighted by Crippen LogP contribution is 2.26. The molecule has 0 atom stereocenters. The molecular formula is C27H22Br2N4O3. The van der Waals surface area contributed by atoms with Gasteiger partial charge >= 0.3 is 0 Å². The van der Waals surface area contributed by atoms with Gasteiger partial charge in [-0.3, -0.25) is 9.59 Å². The summed E-state index contributed by atoms with van der Waals surface area (Å²) in [6.07, 6.45) is 3.89. The zero-order valence-electron chi connectivity index (χ0n) is 19.4. The highest BCUT2D eigenvalue weighted by atomic mass is 79.9. The first kappa shape index (κ1) is 24.4. The van der Waals surface area contributed by atoms with Crippen LogP contribution in [-0.4, -0.2) is 57.9 Å². The predicted molar refractivity (Wildman–Crippen MR) is 146 cm³/mol. The molecule has 3 heterocycles. The highest BCUT2D eigenvalue weighted by molar-refractivity contribution is 9.10. The van der Waals surface area contributed by atoms with Crippen LogP contribution in [0.3, 0.4) is 0 Å². The van der Waals surface area contributed by atoms with Crippen molar-refractivity contribution < 1.29 is 14.1 Å². The molecule has 0 unspecified atom stereocenters. The molecule has 9 heteroatoms. The van der Waals surface area contributed by atoms with Crippen molar-refractivity contribution in [3.05, 3.63) is 91.8 Å². The summed E-state index contributed by atoms with van der Waals surface area (Å²) in [5.41, 5.74) is 3.72. The van der Waals surface area contributed by atoms with Crippen LogP contribution in [0.5, 0.6) is 0 Å². The van der Waals surface area contributed by atoms with E-state index in [1.54, 1.807) is 22.8 Å². The lowest BCUT2D eigenvalue weighted by molar-refractivity contribution is 0.0513. The SMILES string of the molecule is Cc1cc(C(=O)N2CCN(C(=O)c3cc(/C=C/c4ccc(Br)cc4)nc4ccc(Br)cc34)CC2)on1. The van der Waals surface area contributed by atoms with Gasteiger partial charge in [0.15, 0.2) is 0 Å². The van der Waals surface area contributed by atoms with Crippen molar-refractivity contribution in [2.45, 2.75) is 6.92 Å². The van der Waals surface area contributed by atoms with Gasteiger partial charge in [-0.15, -0.1) is 0 Å². The first-order valence-electron chi connectivity index (χ1n) is 11.4. The number of nitrogens with zero attached hydrogens (tertiary/aromatic N) is 4. The van der Waals surface area contributed by atoms with Crippen LogP contribution >= 0.6 is 31.9 Å². The van der Waals surface area contributed by atoms with Crippen molar-refractivity contribution in [2.24, 2.45) is 0 Å². The maximum Gasteiger partial charge on any atom is 0.292 e. The maximum atomic E-state index is 13.7. The number of pyridine rings is 1. The second-order valence-corrected chi connectivity index (χ2v) is 10.4. The summed E-state index contributed by atoms with van der Waals surface area (Å²) in [6.45, 7) is 3.48. The van der Waals surface area contributed by atoms with Gasteiger partial charge in [-0.25, -0.2) is 4.98 Å². The van der Waals surface area contributed by atoms with Gasteiger partial charge in [0.05, 0.1) is 22.5 Å². The number of aryl methyl sites for hydroxylation is 1. The summed E-state index contributed by atoms with van der Waals surface area (Å²) in [4.78, 5) is 34.6. The minimum atomic E-state index is -0.207. The average Bonchev–Trinajstić information content (AvgIpc) is 3.33. The average molecular weight is 610 g/mol. The van der Waals surface area contributed by atoms with Crippen LogP contribution in [0.15, 0.2) is 68.1 Å². The van der Waals surface area contributed by atoms with Gasteiger partial charge in [-0.1, -0.05) is 55.2 Å². The first-order valence-corrected chi connectivity index (χ1v) is 13.0. The van der Waals surface area contributed by atoms with Crippen LogP contribution in [0.1, 0.15) is 37.9 Å². The van der Waals surface area contributed by atoms with E-state index in [9.17, 15) is 9.59 Å². The number of hydrogen-bond acceptors (Lipinski definition) is 5. The summed E-state index contributed by atoms with van der Waals surface area (Å²) in [7, 11) is 0. The molecule has 1 aliphatic heterocycles. The molecule has 2 aromatic carbocycles. The van der Waals surface area contributed by atoms with Crippen LogP contribution in [0, 0.1) is 6.92 Å². The van der Waals surface area contributed by atoms with Crippen molar-refractivity contribution in [3.8, 4) is 0 Å². The smallest absolute Gasteiger partial charge is 0.292 e. The number of carbonyl (C=O) groups is 2. The Hall–Kier alpha value is -3.30. The van der Waals surface area contributed by atoms with E-state index in [0.717, 1.165) is 25.4 Å². The molecule has 4 aromatic rings. The van der Waals surface area contributed by atoms with Gasteiger partial charge in [-0.05, 0) is 55.0 Å². The monoisotopic (exact) mass is 608 g/mol. The Morgan fingerprint density at radius 1 is 0.861 bits per heavy atom. The molecule has 36 heavy (non-hydrogen) atoms. The van der Waals surface area contributed by atoms with Crippen molar-refractivity contribution in [1.82, 2.24) is 19.9 Å². The maximum absolute atomic E-state index is 13.7. The van der Waals surface area contributed by atoms with Crippen molar-refractivity contribution in [3.63, 3.8) is 0 Å². The number of carbonyl (C=O) groups excluding carboxylic acids is 2. The van der Waals surface area contributed by atoms with Crippen molar-refractivity contribution >= 4 is 66.7 Å². The molecule has 0 aliphatic carbocycles. The van der Waals surface area contributed by atoms with E-state index in [1.165, 1.54) is 0 Å². The molecule has 7 nitrogen and oxygen atoms in total. The van der Waals surface area contributed by atoms with E-state index in [0.29, 0.717) is 43.1 Å². The zero-order chi connectivity index (χ0) is 25.2. The molecule has 0 bridgehead atoms. The molecule has 182 valence electrons. The molecule has 1 fully saturated rings. The topological polar surface area (TPSA) is 79.5 Å². The lowest BCUT2D eigenvalue weighted by atomic mass is 10.0. The molecule has 1 saturated heterocycles. The van der Waals surface area contributed by atoms with E-state index >= 15 is 0 Å². The largest absolute Gasteiger partial charge is 0.351 e. The molecule has 5 rings (SSSR count). The van der Waals surface area contributed by atoms with E-state index < -0.39 is 0 Å². The van der Waals surface area contributed by atoms with Gasteiger partial charge in [0, 0.05) is 46.6 Å². The standard InChI is InChI=1S/C27H22Br2N4O3/c1-17-14-25(36-31-17)27(35)33-12-10-32(11-13-33)26(34)23-16-21(8-4-18-2-5-19(28)6-3-18)30-24-9-7-20(29)15-22(23)24/h2-9,14-16H,10-13H2,1H3/b8-4+. The number of halogens is 2. The summed E-state index contributed by atoms with van der Waals surface area (Å²) in [5.74, 6) is -0.0674. The third-order valence-corrected chi connectivity index (χ3v) is 7.05. The van der Waals surface area contributed by atoms with Crippen molar-refractivity contribution in [1.29, 1.82) is 0 Å². The Kier molecular flexibility index (Phi) is 7.02. The quantitative estimate of drug-likeness (QED) is 0.291. The van der Waals surface area contributed by atoms with Gasteiger partial charge < -0.3 is 14.3 Å². The first-order chi connectivity index (χ1) is 17.4. The van der Waals surface area contributed by atoms with E-state index in [1.807, 2.05) is 60.7 Å². The molecule has 2 aromatic heterocycles. The molecule has 0 spiro atoms. The summed E-state index contributed by atoms with van der Waals surface area (Å²) >= 11 is 6.97. The molecule has 0 radical (unpaired) electrons. The summed E-state index contributed by atoms with van der Waals surface area (Å²) in [6, 6.07) is 17.2. The number of rotatable bonds is 4. The number of benzene rings is 2. The molecular weight excluding hydrogens is 588 g/mol. The highest BCUT2D eigenvalue weighted by Gasteiger charge is 2.28. The fourth-order valence-corrected chi connectivity index (χ4v) is 4.76. The molecule has 0 N–H and O–H groups in total. The van der Waals surface area contributed by atoms with Crippen LogP contribution in [0.2, 0.25) is 0 Å². The number of fused-ring (bicyclic) bond motifs is 1. The second-order valence-electron chi connectivity index (χ2n) is 8.56. The van der Waals surface area contributed by atoms with E-state index in [4.69, 9.17) is 9.51 Å². The Bertz CT molecular complexity index is 1470. The molecule has 2 amide bonds. The van der Waals surface area contributed by atoms with Gasteiger partial charge in [0.1, 0.15) is 0 Å². The van der Waals surface area contributed by atoms with E-state index in [-0.39, 0.29) is 17.6 Å². The second kappa shape index (κ2) is 10.4. The Morgan fingerprint density at radius 2 is 1.53 bits per heavy atom. The number of hydrogen-bond donors (Lipinski definition) is 0. The van der Waals surface area contributed by atoms with Gasteiger partial charge in [0.25, 0.3) is 11.8 Å². The number of amides is 2. The number of aromatic nitrogens is 2. The van der Waals surface area contributed by atoms with E-state index in [2.05, 4.69) is 37.0 Å². The zero-order valence-corrected chi connectivity index (χ0v) is 22.6. The van der Waals surface area contributed by atoms with Gasteiger partial charge in [0.2, 0.25) is 5.76 Å². The third-order valence-electron chi connectivity index (χ3n) is 6.03. The van der Waals surface area contributed by atoms with Gasteiger partial charge in [-0.2, -0.15) is 0 Å². The minimum Gasteiger partial charge on any atom is -0.351 e. The molecule has 0 saturated carbocycles. The summed E-state index contributed by atoms with van der Waals surface area (Å²) < 4.78 is 7.00. The Labute approximate surface area is 225 Å². The molecule has 1 aliphatic rings. The van der Waals surface area contributed by atoms with Crippen molar-refractivity contribution in [2.75, 3.05) is 26.2 Å². The fraction of sp³-hybridized carbons (Fsp3) is 0.185. The lowest BCUT2D eigenvalue weighted by Gasteiger charge is -2.34. The normalized spacial score (nSPS) is 14.1. The Morgan fingerprint density at radius 3 is 2.19 bits per heavy atom. The van der Waals surface area contributed by atoms with Crippen LogP contribution in [0.4, 0.5) is 0 Å². The minimum absolute atomic E-state index is 0.0820. The number of piperazine rings is 1.